The van der Waals surface area contributed by atoms with E-state index in [1.165, 1.54) is 70.6 Å². The minimum atomic E-state index is -0.566. The van der Waals surface area contributed by atoms with Crippen LogP contribution in [0.5, 0.6) is 0 Å². The van der Waals surface area contributed by atoms with Crippen LogP contribution in [0.3, 0.4) is 0 Å². The molecule has 1 heterocycles. The largest absolute Gasteiger partial charge is 0.392 e. The summed E-state index contributed by atoms with van der Waals surface area (Å²) in [5.41, 5.74) is 3.59. The number of likely N-dealkylation sites (N-methyl/N-ethyl adjacent to an activating group) is 1. The Kier molecular flexibility index (Phi) is 17.5. The fourth-order valence-electron chi connectivity index (χ4n) is 6.22. The molecule has 1 fully saturated rings. The van der Waals surface area contributed by atoms with Gasteiger partial charge in [-0.25, -0.2) is 0 Å². The van der Waals surface area contributed by atoms with E-state index < -0.39 is 6.29 Å². The van der Waals surface area contributed by atoms with Crippen molar-refractivity contribution < 1.29 is 19.4 Å². The van der Waals surface area contributed by atoms with E-state index in [1.54, 1.807) is 0 Å². The van der Waals surface area contributed by atoms with Gasteiger partial charge in [0.15, 0.2) is 6.29 Å². The molecule has 1 amide bonds. The number of hydrogen-bond acceptors (Lipinski definition) is 5. The number of amides is 1. The van der Waals surface area contributed by atoms with E-state index in [0.717, 1.165) is 48.3 Å². The van der Waals surface area contributed by atoms with Crippen molar-refractivity contribution in [3.8, 4) is 0 Å². The van der Waals surface area contributed by atoms with Crippen molar-refractivity contribution >= 4 is 11.6 Å². The molecule has 2 aromatic carbocycles. The summed E-state index contributed by atoms with van der Waals surface area (Å²) in [6, 6.07) is 15.8. The fourth-order valence-corrected chi connectivity index (χ4v) is 6.22. The van der Waals surface area contributed by atoms with Crippen LogP contribution >= 0.6 is 0 Å². The van der Waals surface area contributed by atoms with Crippen molar-refractivity contribution in [3.05, 3.63) is 77.9 Å². The second kappa shape index (κ2) is 21.3. The van der Waals surface area contributed by atoms with E-state index in [4.69, 9.17) is 9.47 Å². The molecule has 1 unspecified atom stereocenters. The molecule has 1 aliphatic heterocycles. The van der Waals surface area contributed by atoms with E-state index in [9.17, 15) is 9.90 Å². The lowest BCUT2D eigenvalue weighted by atomic mass is 9.90. The van der Waals surface area contributed by atoms with Gasteiger partial charge in [0.2, 0.25) is 5.91 Å². The van der Waals surface area contributed by atoms with E-state index in [2.05, 4.69) is 37.7 Å². The molecular weight excluding hydrogens is 560 g/mol. The maximum atomic E-state index is 12.8. The van der Waals surface area contributed by atoms with Crippen LogP contribution in [0.4, 0.5) is 5.69 Å². The van der Waals surface area contributed by atoms with Crippen molar-refractivity contribution in [2.24, 2.45) is 5.92 Å². The van der Waals surface area contributed by atoms with Crippen molar-refractivity contribution in [2.75, 3.05) is 25.5 Å². The lowest BCUT2D eigenvalue weighted by Crippen LogP contribution is -2.43. The molecule has 45 heavy (non-hydrogen) atoms. The molecule has 0 spiro atoms. The van der Waals surface area contributed by atoms with Crippen LogP contribution in [0, 0.1) is 5.92 Å². The molecule has 6 nitrogen and oxygen atoms in total. The first kappa shape index (κ1) is 37.0. The van der Waals surface area contributed by atoms with Crippen LogP contribution in [0.1, 0.15) is 133 Å². The predicted molar refractivity (Wildman–Crippen MR) is 186 cm³/mol. The van der Waals surface area contributed by atoms with Gasteiger partial charge in [-0.05, 0) is 36.7 Å². The number of benzene rings is 2. The third-order valence-corrected chi connectivity index (χ3v) is 9.01. The van der Waals surface area contributed by atoms with Gasteiger partial charge >= 0.3 is 0 Å². The van der Waals surface area contributed by atoms with E-state index in [0.29, 0.717) is 6.42 Å². The third-order valence-electron chi connectivity index (χ3n) is 9.01. The predicted octanol–water partition coefficient (Wildman–Crippen LogP) is 9.51. The normalized spacial score (nSPS) is 19.9. The lowest BCUT2D eigenvalue weighted by molar-refractivity contribution is -0.275. The Morgan fingerprint density at radius 2 is 1.51 bits per heavy atom. The topological polar surface area (TPSA) is 71.0 Å². The molecule has 6 heteroatoms. The Balaban J connectivity index is 1.48. The molecule has 1 aliphatic rings. The Morgan fingerprint density at radius 1 is 0.889 bits per heavy atom. The molecule has 4 atom stereocenters. The third kappa shape index (κ3) is 13.4. The van der Waals surface area contributed by atoms with Gasteiger partial charge in [0.25, 0.3) is 0 Å². The van der Waals surface area contributed by atoms with Gasteiger partial charge in [0.1, 0.15) is 0 Å². The number of aliphatic hydroxyl groups excluding tert-OH is 1. The summed E-state index contributed by atoms with van der Waals surface area (Å²) in [6.07, 6.45) is 18.5. The van der Waals surface area contributed by atoms with Gasteiger partial charge < -0.3 is 24.8 Å². The second-order valence-corrected chi connectivity index (χ2v) is 13.0. The Labute approximate surface area is 273 Å². The summed E-state index contributed by atoms with van der Waals surface area (Å²) >= 11 is 0. The first-order valence-corrected chi connectivity index (χ1v) is 17.6. The highest BCUT2D eigenvalue weighted by molar-refractivity contribution is 5.90. The van der Waals surface area contributed by atoms with Gasteiger partial charge in [-0.15, -0.1) is 6.58 Å². The number of hydrogen-bond donors (Lipinski definition) is 2. The SMILES string of the molecule is C=CCN(C)C[C@H]1OC(c2cccc(NC(=O)CCCCCCCCCCCCCCC)c2)O[C@@H](c2ccc(CO)cc2)[C@H]1C. The zero-order valence-electron chi connectivity index (χ0n) is 28.4. The number of ether oxygens (including phenoxy) is 2. The molecule has 0 radical (unpaired) electrons. The molecular formula is C39H60N2O4. The lowest BCUT2D eigenvalue weighted by Gasteiger charge is -2.42. The zero-order valence-corrected chi connectivity index (χ0v) is 28.4. The standard InChI is InChI=1S/C39H60N2O4/c1-5-7-8-9-10-11-12-13-14-15-16-17-18-22-37(43)40-35-21-19-20-34(28-35)39-44-36(29-41(4)27-6-2)31(3)38(45-39)33-25-23-32(30-42)24-26-33/h6,19-21,23-26,28,31,36,38-39,42H,2,5,7-18,22,27,29-30H2,1,3-4H3,(H,40,43)/t31-,36+,38+,39?/m0/s1. The molecule has 0 aliphatic carbocycles. The van der Waals surface area contributed by atoms with Gasteiger partial charge in [-0.1, -0.05) is 133 Å². The number of carbonyl (C=O) groups excluding carboxylic acids is 1. The first-order valence-electron chi connectivity index (χ1n) is 17.6. The molecule has 0 saturated carbocycles. The second-order valence-electron chi connectivity index (χ2n) is 13.0. The summed E-state index contributed by atoms with van der Waals surface area (Å²) in [5.74, 6) is 0.164. The number of nitrogens with zero attached hydrogens (tertiary/aromatic N) is 1. The van der Waals surface area contributed by atoms with Crippen LogP contribution in [0.15, 0.2) is 61.2 Å². The maximum absolute atomic E-state index is 12.8. The number of aliphatic hydroxyl groups is 1. The molecule has 0 bridgehead atoms. The zero-order chi connectivity index (χ0) is 32.3. The van der Waals surface area contributed by atoms with Gasteiger partial charge in [0.05, 0.1) is 18.8 Å². The fraction of sp³-hybridized carbons (Fsp3) is 0.615. The monoisotopic (exact) mass is 620 g/mol. The Hall–Kier alpha value is -2.51. The van der Waals surface area contributed by atoms with E-state index in [-0.39, 0.29) is 30.6 Å². The highest BCUT2D eigenvalue weighted by Crippen LogP contribution is 2.42. The average Bonchev–Trinajstić information content (AvgIpc) is 3.04. The van der Waals surface area contributed by atoms with Gasteiger partial charge in [0, 0.05) is 36.7 Å². The molecule has 250 valence electrons. The van der Waals surface area contributed by atoms with Crippen LogP contribution in [-0.4, -0.2) is 42.2 Å². The maximum Gasteiger partial charge on any atom is 0.224 e. The summed E-state index contributed by atoms with van der Waals surface area (Å²) in [6.45, 7) is 9.85. The van der Waals surface area contributed by atoms with Gasteiger partial charge in [-0.2, -0.15) is 0 Å². The summed E-state index contributed by atoms with van der Waals surface area (Å²) in [5, 5.41) is 12.6. The average molecular weight is 621 g/mol. The van der Waals surface area contributed by atoms with E-state index in [1.807, 2.05) is 54.6 Å². The molecule has 2 N–H and O–H groups in total. The summed E-state index contributed by atoms with van der Waals surface area (Å²) in [4.78, 5) is 15.0. The minimum absolute atomic E-state index is 0.0138. The number of anilines is 1. The minimum Gasteiger partial charge on any atom is -0.392 e. The van der Waals surface area contributed by atoms with Crippen molar-refractivity contribution in [3.63, 3.8) is 0 Å². The number of rotatable bonds is 22. The number of carbonyl (C=O) groups is 1. The summed E-state index contributed by atoms with van der Waals surface area (Å²) < 4.78 is 13.2. The van der Waals surface area contributed by atoms with E-state index >= 15 is 0 Å². The quantitative estimate of drug-likeness (QED) is 0.101. The molecule has 3 rings (SSSR count). The van der Waals surface area contributed by atoms with Crippen molar-refractivity contribution in [1.82, 2.24) is 4.90 Å². The smallest absolute Gasteiger partial charge is 0.224 e. The number of nitrogens with one attached hydrogen (secondary N) is 1. The van der Waals surface area contributed by atoms with Crippen molar-refractivity contribution in [1.29, 1.82) is 0 Å². The van der Waals surface area contributed by atoms with Crippen LogP contribution in [0.2, 0.25) is 0 Å². The van der Waals surface area contributed by atoms with Crippen molar-refractivity contribution in [2.45, 2.75) is 129 Å². The van der Waals surface area contributed by atoms with Crippen LogP contribution < -0.4 is 5.32 Å². The molecule has 0 aromatic heterocycles. The Bertz CT molecular complexity index is 1100. The van der Waals surface area contributed by atoms with Crippen LogP contribution in [0.25, 0.3) is 0 Å². The first-order chi connectivity index (χ1) is 21.9. The molecule has 1 saturated heterocycles. The highest BCUT2D eigenvalue weighted by atomic mass is 16.7. The number of unbranched alkanes of at least 4 members (excludes halogenated alkanes) is 12. The Morgan fingerprint density at radius 3 is 2.11 bits per heavy atom. The molecule has 2 aromatic rings. The van der Waals surface area contributed by atoms with Gasteiger partial charge in [-0.3, -0.25) is 4.79 Å². The summed E-state index contributed by atoms with van der Waals surface area (Å²) in [7, 11) is 2.07. The highest BCUT2D eigenvalue weighted by Gasteiger charge is 2.38. The van der Waals surface area contributed by atoms with Crippen LogP contribution in [-0.2, 0) is 20.9 Å².